The molecule has 2 aromatic rings. The van der Waals surface area contributed by atoms with E-state index in [0.29, 0.717) is 22.8 Å². The summed E-state index contributed by atoms with van der Waals surface area (Å²) in [7, 11) is 4.39. The van der Waals surface area contributed by atoms with Crippen LogP contribution in [0.15, 0.2) is 36.4 Å². The fourth-order valence-corrected chi connectivity index (χ4v) is 2.30. The second kappa shape index (κ2) is 9.50. The Balaban J connectivity index is 2.03. The zero-order valence-corrected chi connectivity index (χ0v) is 15.5. The molecule has 0 heterocycles. The van der Waals surface area contributed by atoms with E-state index >= 15 is 0 Å². The summed E-state index contributed by atoms with van der Waals surface area (Å²) in [4.78, 5) is 23.7. The maximum absolute atomic E-state index is 13.1. The molecular formula is C20H18F2O6. The first-order chi connectivity index (χ1) is 13.4. The molecule has 0 bridgehead atoms. The highest BCUT2D eigenvalue weighted by Crippen LogP contribution is 2.38. The second-order valence-electron chi connectivity index (χ2n) is 5.45. The average Bonchev–Trinajstić information content (AvgIpc) is 2.71. The molecule has 0 saturated carbocycles. The van der Waals surface area contributed by atoms with Gasteiger partial charge in [0.1, 0.15) is 0 Å². The summed E-state index contributed by atoms with van der Waals surface area (Å²) in [6, 6.07) is 5.93. The van der Waals surface area contributed by atoms with E-state index in [1.807, 2.05) is 0 Å². The predicted molar refractivity (Wildman–Crippen MR) is 96.8 cm³/mol. The molecular weight excluding hydrogens is 374 g/mol. The first-order valence-electron chi connectivity index (χ1n) is 8.02. The SMILES string of the molecule is COc1cc(/C=C/C(=O)OCC(=O)c2ccc(F)c(F)c2)cc(OC)c1OC. The molecule has 0 saturated heterocycles. The molecule has 2 rings (SSSR count). The molecule has 0 aliphatic heterocycles. The lowest BCUT2D eigenvalue weighted by molar-refractivity contribution is -0.136. The number of carbonyl (C=O) groups is 2. The van der Waals surface area contributed by atoms with Gasteiger partial charge in [0.2, 0.25) is 5.75 Å². The number of rotatable bonds is 8. The van der Waals surface area contributed by atoms with E-state index < -0.39 is 30.0 Å². The van der Waals surface area contributed by atoms with Crippen LogP contribution in [0, 0.1) is 11.6 Å². The highest BCUT2D eigenvalue weighted by molar-refractivity contribution is 5.98. The first kappa shape index (κ1) is 20.9. The zero-order chi connectivity index (χ0) is 20.7. The monoisotopic (exact) mass is 392 g/mol. The molecule has 0 N–H and O–H groups in total. The van der Waals surface area contributed by atoms with Gasteiger partial charge in [-0.1, -0.05) is 0 Å². The number of methoxy groups -OCH3 is 3. The van der Waals surface area contributed by atoms with Gasteiger partial charge in [0.15, 0.2) is 35.5 Å². The van der Waals surface area contributed by atoms with Crippen molar-refractivity contribution in [2.24, 2.45) is 0 Å². The van der Waals surface area contributed by atoms with E-state index in [0.717, 1.165) is 24.3 Å². The number of ketones is 1. The van der Waals surface area contributed by atoms with Crippen molar-refractivity contribution in [3.63, 3.8) is 0 Å². The van der Waals surface area contributed by atoms with E-state index in [1.54, 1.807) is 12.1 Å². The number of esters is 1. The van der Waals surface area contributed by atoms with Crippen LogP contribution in [-0.4, -0.2) is 39.7 Å². The van der Waals surface area contributed by atoms with E-state index in [4.69, 9.17) is 18.9 Å². The second-order valence-corrected chi connectivity index (χ2v) is 5.45. The van der Waals surface area contributed by atoms with Crippen molar-refractivity contribution in [2.45, 2.75) is 0 Å². The molecule has 0 aromatic heterocycles. The number of benzene rings is 2. The lowest BCUT2D eigenvalue weighted by atomic mass is 10.1. The Labute approximate surface area is 160 Å². The first-order valence-corrected chi connectivity index (χ1v) is 8.02. The van der Waals surface area contributed by atoms with Crippen LogP contribution < -0.4 is 14.2 Å². The van der Waals surface area contributed by atoms with E-state index in [2.05, 4.69) is 0 Å². The van der Waals surface area contributed by atoms with Crippen molar-refractivity contribution in [2.75, 3.05) is 27.9 Å². The van der Waals surface area contributed by atoms with Crippen LogP contribution >= 0.6 is 0 Å². The van der Waals surface area contributed by atoms with E-state index in [9.17, 15) is 18.4 Å². The van der Waals surface area contributed by atoms with Crippen LogP contribution in [0.5, 0.6) is 17.2 Å². The van der Waals surface area contributed by atoms with Crippen LogP contribution in [0.4, 0.5) is 8.78 Å². The molecule has 28 heavy (non-hydrogen) atoms. The van der Waals surface area contributed by atoms with Gasteiger partial charge in [-0.2, -0.15) is 0 Å². The van der Waals surface area contributed by atoms with Gasteiger partial charge >= 0.3 is 5.97 Å². The Kier molecular flexibility index (Phi) is 7.08. The van der Waals surface area contributed by atoms with Crippen LogP contribution in [0.3, 0.4) is 0 Å². The van der Waals surface area contributed by atoms with Crippen LogP contribution in [0.2, 0.25) is 0 Å². The maximum atomic E-state index is 13.1. The molecule has 0 radical (unpaired) electrons. The maximum Gasteiger partial charge on any atom is 0.331 e. The highest BCUT2D eigenvalue weighted by atomic mass is 19.2. The van der Waals surface area contributed by atoms with Crippen molar-refractivity contribution in [1.29, 1.82) is 0 Å². The number of halogens is 2. The van der Waals surface area contributed by atoms with E-state index in [1.165, 1.54) is 27.4 Å². The van der Waals surface area contributed by atoms with Gasteiger partial charge in [0, 0.05) is 11.6 Å². The molecule has 2 aromatic carbocycles. The Morgan fingerprint density at radius 1 is 0.929 bits per heavy atom. The van der Waals surface area contributed by atoms with Crippen LogP contribution in [0.25, 0.3) is 6.08 Å². The molecule has 0 amide bonds. The summed E-state index contributed by atoms with van der Waals surface area (Å²) in [6.07, 6.45) is 2.55. The van der Waals surface area contributed by atoms with Gasteiger partial charge in [0.25, 0.3) is 0 Å². The van der Waals surface area contributed by atoms with Gasteiger partial charge in [0.05, 0.1) is 21.3 Å². The van der Waals surface area contributed by atoms with Crippen LogP contribution in [0.1, 0.15) is 15.9 Å². The third kappa shape index (κ3) is 5.06. The smallest absolute Gasteiger partial charge is 0.331 e. The summed E-state index contributed by atoms with van der Waals surface area (Å²) in [5.41, 5.74) is 0.471. The molecule has 0 fully saturated rings. The highest BCUT2D eigenvalue weighted by Gasteiger charge is 2.13. The molecule has 0 aliphatic carbocycles. The standard InChI is InChI=1S/C20H18F2O6/c1-25-17-8-12(9-18(26-2)20(17)27-3)4-7-19(24)28-11-16(23)13-5-6-14(21)15(22)10-13/h4-10H,11H2,1-3H3/b7-4+. The largest absolute Gasteiger partial charge is 0.493 e. The van der Waals surface area contributed by atoms with Gasteiger partial charge in [-0.25, -0.2) is 13.6 Å². The number of hydrogen-bond donors (Lipinski definition) is 0. The Morgan fingerprint density at radius 2 is 1.57 bits per heavy atom. The third-order valence-electron chi connectivity index (χ3n) is 3.69. The Hall–Kier alpha value is -3.42. The van der Waals surface area contributed by atoms with Crippen LogP contribution in [-0.2, 0) is 9.53 Å². The molecule has 6 nitrogen and oxygen atoms in total. The fraction of sp³-hybridized carbons (Fsp3) is 0.200. The summed E-state index contributed by atoms with van der Waals surface area (Å²) < 4.78 is 46.5. The Morgan fingerprint density at radius 3 is 2.11 bits per heavy atom. The zero-order valence-electron chi connectivity index (χ0n) is 15.5. The minimum absolute atomic E-state index is 0.0969. The van der Waals surface area contributed by atoms with Crippen molar-refractivity contribution >= 4 is 17.8 Å². The average molecular weight is 392 g/mol. The van der Waals surface area contributed by atoms with Crippen molar-refractivity contribution in [3.8, 4) is 17.2 Å². The van der Waals surface area contributed by atoms with Gasteiger partial charge in [-0.05, 0) is 42.0 Å². The normalized spacial score (nSPS) is 10.6. The lowest BCUT2D eigenvalue weighted by Gasteiger charge is -2.12. The van der Waals surface area contributed by atoms with Crippen molar-refractivity contribution < 1.29 is 37.3 Å². The molecule has 0 atom stereocenters. The molecule has 148 valence electrons. The number of carbonyl (C=O) groups excluding carboxylic acids is 2. The third-order valence-corrected chi connectivity index (χ3v) is 3.69. The summed E-state index contributed by atoms with van der Waals surface area (Å²) >= 11 is 0. The number of hydrogen-bond acceptors (Lipinski definition) is 6. The topological polar surface area (TPSA) is 71.1 Å². The number of ether oxygens (including phenoxy) is 4. The minimum atomic E-state index is -1.15. The summed E-state index contributed by atoms with van der Waals surface area (Å²) in [5, 5.41) is 0. The quantitative estimate of drug-likeness (QED) is 0.389. The molecule has 8 heteroatoms. The summed E-state index contributed by atoms with van der Waals surface area (Å²) in [6.45, 7) is -0.608. The molecule has 0 spiro atoms. The van der Waals surface area contributed by atoms with Gasteiger partial charge < -0.3 is 18.9 Å². The predicted octanol–water partition coefficient (Wildman–Crippen LogP) is 3.43. The van der Waals surface area contributed by atoms with Crippen molar-refractivity contribution in [1.82, 2.24) is 0 Å². The lowest BCUT2D eigenvalue weighted by Crippen LogP contribution is -2.13. The minimum Gasteiger partial charge on any atom is -0.493 e. The van der Waals surface area contributed by atoms with E-state index in [-0.39, 0.29) is 5.56 Å². The van der Waals surface area contributed by atoms with Gasteiger partial charge in [-0.15, -0.1) is 0 Å². The Bertz CT molecular complexity index is 883. The molecule has 0 aliphatic rings. The van der Waals surface area contributed by atoms with Gasteiger partial charge in [-0.3, -0.25) is 4.79 Å². The summed E-state index contributed by atoms with van der Waals surface area (Å²) in [5.74, 6) is -2.45. The number of Topliss-reactive ketones (excluding diaryl/α,β-unsaturated/α-hetero) is 1. The molecule has 0 unspecified atom stereocenters. The fourth-order valence-electron chi connectivity index (χ4n) is 2.30. The van der Waals surface area contributed by atoms with Crippen molar-refractivity contribution in [3.05, 3.63) is 59.2 Å².